The number of hydrogen-bond donors (Lipinski definition) is 2. The van der Waals surface area contributed by atoms with E-state index in [0.29, 0.717) is 6.42 Å². The number of esters is 2. The highest BCUT2D eigenvalue weighted by Gasteiger charge is 2.25. The molecule has 0 aliphatic heterocycles. The van der Waals surface area contributed by atoms with Gasteiger partial charge in [0.05, 0.1) is 13.2 Å². The predicted octanol–water partition coefficient (Wildman–Crippen LogP) is 5.03. The van der Waals surface area contributed by atoms with Gasteiger partial charge in [0, 0.05) is 19.4 Å². The highest BCUT2D eigenvalue weighted by molar-refractivity contribution is 7.47. The van der Waals surface area contributed by atoms with Crippen LogP contribution in [-0.2, 0) is 32.7 Å². The van der Waals surface area contributed by atoms with Gasteiger partial charge in [0.15, 0.2) is 6.10 Å². The molecule has 0 aromatic heterocycles. The zero-order valence-electron chi connectivity index (χ0n) is 20.6. The minimum absolute atomic E-state index is 0.0562. The summed E-state index contributed by atoms with van der Waals surface area (Å²) in [5.41, 5.74) is 5.26. The molecule has 0 amide bonds. The van der Waals surface area contributed by atoms with Crippen LogP contribution in [0.2, 0.25) is 0 Å². The van der Waals surface area contributed by atoms with Gasteiger partial charge < -0.3 is 20.1 Å². The number of hydrogen-bond acceptors (Lipinski definition) is 8. The molecular weight excluding hydrogens is 449 g/mol. The number of nitrogens with two attached hydrogens (primary N) is 1. The molecule has 0 aromatic rings. The number of carbonyl (C=O) groups is 2. The lowest BCUT2D eigenvalue weighted by Crippen LogP contribution is -2.29. The Hall–Kier alpha value is -0.990. The lowest BCUT2D eigenvalue weighted by Gasteiger charge is -2.19. The molecule has 0 aliphatic carbocycles. The standard InChI is InChI=1S/C23H46NO8P/c1-3-5-7-9-10-12-14-16-23(26)32-21(20-31-33(27,28)30-18-17-24)19-29-22(25)15-13-11-8-6-4-2/h21H,3-20,24H2,1-2H3,(H,27,28)/t21-/m1/s1. The topological polar surface area (TPSA) is 134 Å². The van der Waals surface area contributed by atoms with E-state index < -0.39 is 32.5 Å². The molecule has 0 rings (SSSR count). The smallest absolute Gasteiger partial charge is 0.462 e. The summed E-state index contributed by atoms with van der Waals surface area (Å²) in [6, 6.07) is 0. The minimum atomic E-state index is -4.33. The van der Waals surface area contributed by atoms with Crippen LogP contribution in [0, 0.1) is 0 Å². The first-order valence-corrected chi connectivity index (χ1v) is 14.0. The van der Waals surface area contributed by atoms with Crippen molar-refractivity contribution in [2.24, 2.45) is 5.73 Å². The number of rotatable bonds is 23. The molecule has 9 nitrogen and oxygen atoms in total. The first kappa shape index (κ1) is 32.0. The Balaban J connectivity index is 4.45. The summed E-state index contributed by atoms with van der Waals surface area (Å²) in [6.07, 6.45) is 12.0. The maximum Gasteiger partial charge on any atom is 0.472 e. The van der Waals surface area contributed by atoms with Crippen LogP contribution in [0.25, 0.3) is 0 Å². The molecule has 0 saturated carbocycles. The van der Waals surface area contributed by atoms with E-state index in [4.69, 9.17) is 19.7 Å². The van der Waals surface area contributed by atoms with Gasteiger partial charge in [-0.15, -0.1) is 0 Å². The second-order valence-electron chi connectivity index (χ2n) is 8.22. The largest absolute Gasteiger partial charge is 0.472 e. The van der Waals surface area contributed by atoms with E-state index in [1.807, 2.05) is 0 Å². The Labute approximate surface area is 199 Å². The highest BCUT2D eigenvalue weighted by atomic mass is 31.2. The van der Waals surface area contributed by atoms with Crippen molar-refractivity contribution >= 4 is 19.8 Å². The molecule has 0 radical (unpaired) electrons. The molecule has 0 heterocycles. The van der Waals surface area contributed by atoms with Gasteiger partial charge in [-0.2, -0.15) is 0 Å². The first-order valence-electron chi connectivity index (χ1n) is 12.5. The molecule has 0 saturated heterocycles. The Morgan fingerprint density at radius 2 is 1.30 bits per heavy atom. The fourth-order valence-corrected chi connectivity index (χ4v) is 3.87. The van der Waals surface area contributed by atoms with Gasteiger partial charge in [-0.25, -0.2) is 4.57 Å². The van der Waals surface area contributed by atoms with Crippen molar-refractivity contribution in [2.45, 2.75) is 110 Å². The maximum absolute atomic E-state index is 12.2. The Kier molecular flexibility index (Phi) is 20.9. The maximum atomic E-state index is 12.2. The predicted molar refractivity (Wildman–Crippen MR) is 128 cm³/mol. The summed E-state index contributed by atoms with van der Waals surface area (Å²) < 4.78 is 32.0. The van der Waals surface area contributed by atoms with E-state index in [2.05, 4.69) is 18.4 Å². The van der Waals surface area contributed by atoms with Crippen LogP contribution in [0.4, 0.5) is 0 Å². The SMILES string of the molecule is CCCCCCCCCC(=O)O[C@H](COC(=O)CCCCCCC)COP(=O)(O)OCCN. The van der Waals surface area contributed by atoms with E-state index in [9.17, 15) is 19.0 Å². The normalized spacial score (nSPS) is 13.9. The molecule has 0 aliphatic rings. The van der Waals surface area contributed by atoms with E-state index in [0.717, 1.165) is 51.4 Å². The molecule has 2 atom stereocenters. The summed E-state index contributed by atoms with van der Waals surface area (Å²) in [5, 5.41) is 0. The number of phosphoric ester groups is 1. The van der Waals surface area contributed by atoms with E-state index in [-0.39, 0.29) is 32.6 Å². The molecule has 0 bridgehead atoms. The van der Waals surface area contributed by atoms with Crippen molar-refractivity contribution in [3.63, 3.8) is 0 Å². The van der Waals surface area contributed by atoms with Crippen molar-refractivity contribution in [3.8, 4) is 0 Å². The number of unbranched alkanes of at least 4 members (excludes halogenated alkanes) is 10. The average molecular weight is 496 g/mol. The van der Waals surface area contributed by atoms with Crippen molar-refractivity contribution in [1.82, 2.24) is 0 Å². The molecule has 0 spiro atoms. The summed E-state index contributed by atoms with van der Waals surface area (Å²) in [4.78, 5) is 33.8. The van der Waals surface area contributed by atoms with Gasteiger partial charge in [-0.1, -0.05) is 78.1 Å². The van der Waals surface area contributed by atoms with Crippen LogP contribution in [0.15, 0.2) is 0 Å². The average Bonchev–Trinajstić information content (AvgIpc) is 2.78. The third-order valence-corrected chi connectivity index (χ3v) is 5.98. The molecular formula is C23H46NO8P. The fraction of sp³-hybridized carbons (Fsp3) is 0.913. The zero-order valence-corrected chi connectivity index (χ0v) is 21.5. The van der Waals surface area contributed by atoms with Crippen LogP contribution < -0.4 is 5.73 Å². The molecule has 0 fully saturated rings. The van der Waals surface area contributed by atoms with Crippen molar-refractivity contribution in [1.29, 1.82) is 0 Å². The van der Waals surface area contributed by atoms with Crippen LogP contribution >= 0.6 is 7.82 Å². The van der Waals surface area contributed by atoms with Gasteiger partial charge in [-0.3, -0.25) is 18.6 Å². The molecule has 33 heavy (non-hydrogen) atoms. The van der Waals surface area contributed by atoms with E-state index >= 15 is 0 Å². The summed E-state index contributed by atoms with van der Waals surface area (Å²) >= 11 is 0. The summed E-state index contributed by atoms with van der Waals surface area (Å²) in [7, 11) is -4.33. The minimum Gasteiger partial charge on any atom is -0.462 e. The lowest BCUT2D eigenvalue weighted by atomic mass is 10.1. The first-order chi connectivity index (χ1) is 15.8. The van der Waals surface area contributed by atoms with E-state index in [1.54, 1.807) is 0 Å². The van der Waals surface area contributed by atoms with Gasteiger partial charge in [-0.05, 0) is 12.8 Å². The molecule has 3 N–H and O–H groups in total. The van der Waals surface area contributed by atoms with Crippen LogP contribution in [0.1, 0.15) is 104 Å². The second-order valence-corrected chi connectivity index (χ2v) is 9.67. The van der Waals surface area contributed by atoms with Crippen molar-refractivity contribution in [3.05, 3.63) is 0 Å². The molecule has 0 aromatic carbocycles. The Morgan fingerprint density at radius 1 is 0.788 bits per heavy atom. The Morgan fingerprint density at radius 3 is 1.85 bits per heavy atom. The lowest BCUT2D eigenvalue weighted by molar-refractivity contribution is -0.161. The Bertz CT molecular complexity index is 547. The fourth-order valence-electron chi connectivity index (χ4n) is 3.10. The van der Waals surface area contributed by atoms with Gasteiger partial charge in [0.1, 0.15) is 6.61 Å². The number of carbonyl (C=O) groups excluding carboxylic acids is 2. The second kappa shape index (κ2) is 21.5. The van der Waals surface area contributed by atoms with Crippen LogP contribution in [0.3, 0.4) is 0 Å². The third kappa shape index (κ3) is 21.3. The van der Waals surface area contributed by atoms with Crippen molar-refractivity contribution in [2.75, 3.05) is 26.4 Å². The zero-order chi connectivity index (χ0) is 24.8. The molecule has 10 heteroatoms. The van der Waals surface area contributed by atoms with Gasteiger partial charge >= 0.3 is 19.8 Å². The monoisotopic (exact) mass is 495 g/mol. The number of ether oxygens (including phenoxy) is 2. The summed E-state index contributed by atoms with van der Waals surface area (Å²) in [6.45, 7) is 3.53. The van der Waals surface area contributed by atoms with Crippen LogP contribution in [0.5, 0.6) is 0 Å². The molecule has 1 unspecified atom stereocenters. The highest BCUT2D eigenvalue weighted by Crippen LogP contribution is 2.43. The third-order valence-electron chi connectivity index (χ3n) is 4.99. The quantitative estimate of drug-likeness (QED) is 0.114. The molecule has 196 valence electrons. The van der Waals surface area contributed by atoms with E-state index in [1.165, 1.54) is 19.3 Å². The summed E-state index contributed by atoms with van der Waals surface area (Å²) in [5.74, 6) is -0.852. The van der Waals surface area contributed by atoms with Crippen LogP contribution in [-0.4, -0.2) is 49.3 Å². The van der Waals surface area contributed by atoms with Gasteiger partial charge in [0.2, 0.25) is 0 Å². The number of phosphoric acid groups is 1. The van der Waals surface area contributed by atoms with Gasteiger partial charge in [0.25, 0.3) is 0 Å². The van der Waals surface area contributed by atoms with Crippen molar-refractivity contribution < 1.29 is 37.6 Å².